The van der Waals surface area contributed by atoms with Gasteiger partial charge in [0.25, 0.3) is 0 Å². The van der Waals surface area contributed by atoms with E-state index in [0.717, 1.165) is 24.3 Å². The summed E-state index contributed by atoms with van der Waals surface area (Å²) in [4.78, 5) is 0. The lowest BCUT2D eigenvalue weighted by Crippen LogP contribution is -2.16. The van der Waals surface area contributed by atoms with Crippen molar-refractivity contribution in [2.45, 2.75) is 0 Å². The molecule has 2 aromatic carbocycles. The van der Waals surface area contributed by atoms with E-state index in [2.05, 4.69) is 23.5 Å². The fourth-order valence-corrected chi connectivity index (χ4v) is 1.81. The molecule has 0 aromatic heterocycles. The molecular formula is C15H19NO2. The summed E-state index contributed by atoms with van der Waals surface area (Å²) in [6.45, 7) is 2.78. The summed E-state index contributed by atoms with van der Waals surface area (Å²) in [5, 5.41) is 5.38. The van der Waals surface area contributed by atoms with Crippen LogP contribution in [0.3, 0.4) is 0 Å². The molecule has 1 N–H and O–H groups in total. The Morgan fingerprint density at radius 3 is 2.67 bits per heavy atom. The van der Waals surface area contributed by atoms with Crippen molar-refractivity contribution in [2.24, 2.45) is 0 Å². The predicted molar refractivity (Wildman–Crippen MR) is 74.2 cm³/mol. The quantitative estimate of drug-likeness (QED) is 0.760. The van der Waals surface area contributed by atoms with E-state index in [-0.39, 0.29) is 0 Å². The second-order valence-corrected chi connectivity index (χ2v) is 4.04. The number of rotatable bonds is 7. The van der Waals surface area contributed by atoms with Gasteiger partial charge >= 0.3 is 0 Å². The second-order valence-electron chi connectivity index (χ2n) is 4.04. The summed E-state index contributed by atoms with van der Waals surface area (Å²) < 4.78 is 11.2. The van der Waals surface area contributed by atoms with Gasteiger partial charge in [-0.25, -0.2) is 0 Å². The van der Waals surface area contributed by atoms with Gasteiger partial charge in [-0.1, -0.05) is 36.4 Å². The molecule has 0 aliphatic rings. The molecule has 0 aliphatic carbocycles. The van der Waals surface area contributed by atoms with Crippen LogP contribution in [0, 0.1) is 0 Å². The minimum Gasteiger partial charge on any atom is -0.491 e. The van der Waals surface area contributed by atoms with Gasteiger partial charge in [0.1, 0.15) is 12.4 Å². The molecule has 0 heterocycles. The summed E-state index contributed by atoms with van der Waals surface area (Å²) in [5.74, 6) is 0.922. The number of hydrogen-bond acceptors (Lipinski definition) is 3. The Morgan fingerprint density at radius 2 is 1.78 bits per heavy atom. The van der Waals surface area contributed by atoms with Crippen LogP contribution in [0.2, 0.25) is 0 Å². The molecule has 0 bridgehead atoms. The lowest BCUT2D eigenvalue weighted by atomic mass is 10.1. The van der Waals surface area contributed by atoms with Crippen LogP contribution in [-0.2, 0) is 4.74 Å². The first kappa shape index (κ1) is 12.9. The first-order valence-corrected chi connectivity index (χ1v) is 6.25. The molecule has 0 fully saturated rings. The summed E-state index contributed by atoms with van der Waals surface area (Å²) in [6, 6.07) is 14.3. The Labute approximate surface area is 108 Å². The highest BCUT2D eigenvalue weighted by Crippen LogP contribution is 2.24. The molecular weight excluding hydrogens is 226 g/mol. The average molecular weight is 245 g/mol. The Balaban J connectivity index is 1.88. The third kappa shape index (κ3) is 3.45. The van der Waals surface area contributed by atoms with Crippen molar-refractivity contribution < 1.29 is 9.47 Å². The van der Waals surface area contributed by atoms with Gasteiger partial charge in [0.05, 0.1) is 13.2 Å². The molecule has 3 heteroatoms. The molecule has 2 aromatic rings. The number of ether oxygens (including phenoxy) is 2. The van der Waals surface area contributed by atoms with Crippen LogP contribution in [0.5, 0.6) is 5.75 Å². The molecule has 0 spiro atoms. The van der Waals surface area contributed by atoms with Gasteiger partial charge in [-0.05, 0) is 18.5 Å². The Bertz CT molecular complexity index is 479. The fraction of sp³-hybridized carbons (Fsp3) is 0.333. The Morgan fingerprint density at radius 1 is 0.944 bits per heavy atom. The summed E-state index contributed by atoms with van der Waals surface area (Å²) in [7, 11) is 1.91. The SMILES string of the molecule is CNCCOCCOc1cccc2ccccc12. The molecule has 18 heavy (non-hydrogen) atoms. The number of fused-ring (bicyclic) bond motifs is 1. The fourth-order valence-electron chi connectivity index (χ4n) is 1.81. The van der Waals surface area contributed by atoms with Gasteiger partial charge in [0, 0.05) is 11.9 Å². The molecule has 0 unspecified atom stereocenters. The van der Waals surface area contributed by atoms with E-state index < -0.39 is 0 Å². The van der Waals surface area contributed by atoms with Crippen LogP contribution >= 0.6 is 0 Å². The van der Waals surface area contributed by atoms with Gasteiger partial charge < -0.3 is 14.8 Å². The van der Waals surface area contributed by atoms with Gasteiger partial charge in [0.2, 0.25) is 0 Å². The predicted octanol–water partition coefficient (Wildman–Crippen LogP) is 2.45. The third-order valence-electron chi connectivity index (χ3n) is 2.73. The van der Waals surface area contributed by atoms with Crippen LogP contribution in [0.25, 0.3) is 10.8 Å². The van der Waals surface area contributed by atoms with Crippen molar-refractivity contribution in [3.8, 4) is 5.75 Å². The van der Waals surface area contributed by atoms with Crippen molar-refractivity contribution in [3.63, 3.8) is 0 Å². The minimum absolute atomic E-state index is 0.581. The smallest absolute Gasteiger partial charge is 0.127 e. The molecule has 0 amide bonds. The largest absolute Gasteiger partial charge is 0.491 e. The molecule has 0 saturated carbocycles. The topological polar surface area (TPSA) is 30.5 Å². The average Bonchev–Trinajstić information content (AvgIpc) is 2.43. The highest BCUT2D eigenvalue weighted by Gasteiger charge is 2.00. The van der Waals surface area contributed by atoms with E-state index in [1.165, 1.54) is 5.39 Å². The number of nitrogens with one attached hydrogen (secondary N) is 1. The lowest BCUT2D eigenvalue weighted by Gasteiger charge is -2.09. The van der Waals surface area contributed by atoms with E-state index >= 15 is 0 Å². The first-order valence-electron chi connectivity index (χ1n) is 6.25. The van der Waals surface area contributed by atoms with Crippen molar-refractivity contribution in [1.82, 2.24) is 5.32 Å². The zero-order valence-corrected chi connectivity index (χ0v) is 10.7. The lowest BCUT2D eigenvalue weighted by molar-refractivity contribution is 0.103. The van der Waals surface area contributed by atoms with E-state index in [0.29, 0.717) is 13.2 Å². The molecule has 0 radical (unpaired) electrons. The van der Waals surface area contributed by atoms with Crippen LogP contribution in [0.1, 0.15) is 0 Å². The van der Waals surface area contributed by atoms with E-state index in [4.69, 9.17) is 9.47 Å². The molecule has 2 rings (SSSR count). The maximum absolute atomic E-state index is 5.75. The van der Waals surface area contributed by atoms with Gasteiger partial charge in [-0.2, -0.15) is 0 Å². The molecule has 0 atom stereocenters. The zero-order valence-electron chi connectivity index (χ0n) is 10.7. The van der Waals surface area contributed by atoms with Crippen molar-refractivity contribution in [1.29, 1.82) is 0 Å². The highest BCUT2D eigenvalue weighted by atomic mass is 16.5. The maximum atomic E-state index is 5.75. The summed E-state index contributed by atoms with van der Waals surface area (Å²) >= 11 is 0. The second kappa shape index (κ2) is 6.99. The van der Waals surface area contributed by atoms with Gasteiger partial charge in [0.15, 0.2) is 0 Å². The molecule has 0 saturated heterocycles. The summed E-state index contributed by atoms with van der Waals surface area (Å²) in [5.41, 5.74) is 0. The number of likely N-dealkylation sites (N-methyl/N-ethyl adjacent to an activating group) is 1. The zero-order chi connectivity index (χ0) is 12.6. The van der Waals surface area contributed by atoms with Gasteiger partial charge in [-0.15, -0.1) is 0 Å². The Hall–Kier alpha value is -1.58. The first-order chi connectivity index (χ1) is 8.92. The standard InChI is InChI=1S/C15H19NO2/c1-16-9-10-17-11-12-18-15-8-4-6-13-5-2-3-7-14(13)15/h2-8,16H,9-12H2,1H3. The van der Waals surface area contributed by atoms with Crippen LogP contribution in [-0.4, -0.2) is 33.4 Å². The van der Waals surface area contributed by atoms with Crippen molar-refractivity contribution >= 4 is 10.8 Å². The number of hydrogen-bond donors (Lipinski definition) is 1. The van der Waals surface area contributed by atoms with Crippen LogP contribution < -0.4 is 10.1 Å². The third-order valence-corrected chi connectivity index (χ3v) is 2.73. The van der Waals surface area contributed by atoms with Crippen molar-refractivity contribution in [2.75, 3.05) is 33.4 Å². The maximum Gasteiger partial charge on any atom is 0.127 e. The van der Waals surface area contributed by atoms with Gasteiger partial charge in [-0.3, -0.25) is 0 Å². The van der Waals surface area contributed by atoms with E-state index in [1.807, 2.05) is 31.3 Å². The Kier molecular flexibility index (Phi) is 5.00. The minimum atomic E-state index is 0.581. The summed E-state index contributed by atoms with van der Waals surface area (Å²) in [6.07, 6.45) is 0. The van der Waals surface area contributed by atoms with E-state index in [9.17, 15) is 0 Å². The monoisotopic (exact) mass is 245 g/mol. The van der Waals surface area contributed by atoms with E-state index in [1.54, 1.807) is 0 Å². The molecule has 96 valence electrons. The van der Waals surface area contributed by atoms with Crippen molar-refractivity contribution in [3.05, 3.63) is 42.5 Å². The van der Waals surface area contributed by atoms with Crippen LogP contribution in [0.15, 0.2) is 42.5 Å². The highest BCUT2D eigenvalue weighted by molar-refractivity contribution is 5.88. The van der Waals surface area contributed by atoms with Crippen LogP contribution in [0.4, 0.5) is 0 Å². The molecule has 0 aliphatic heterocycles. The number of benzene rings is 2. The normalized spacial score (nSPS) is 10.7. The molecule has 3 nitrogen and oxygen atoms in total.